The molecule has 3 saturated heterocycles. The minimum absolute atomic E-state index is 0.0378. The van der Waals surface area contributed by atoms with E-state index in [0.717, 1.165) is 31.5 Å². The molecule has 30 heavy (non-hydrogen) atoms. The summed E-state index contributed by atoms with van der Waals surface area (Å²) in [6.45, 7) is 2.88. The Kier molecular flexibility index (Phi) is 5.90. The summed E-state index contributed by atoms with van der Waals surface area (Å²) in [5.74, 6) is 0.129. The first-order valence-electron chi connectivity index (χ1n) is 10.9. The number of carbonyl (C=O) groups excluding carboxylic acids is 2. The molecular formula is C22H31N3O4S. The average Bonchev–Trinajstić information content (AvgIpc) is 3.33. The molecule has 0 unspecified atom stereocenters. The Balaban J connectivity index is 1.57. The number of sulfonamides is 1. The predicted molar refractivity (Wildman–Crippen MR) is 114 cm³/mol. The van der Waals surface area contributed by atoms with E-state index in [1.165, 1.54) is 10.6 Å². The molecule has 0 bridgehead atoms. The Bertz CT molecular complexity index is 898. The van der Waals surface area contributed by atoms with Gasteiger partial charge in [0.05, 0.1) is 18.1 Å². The molecule has 0 saturated carbocycles. The largest absolute Gasteiger partial charge is 0.342 e. The number of likely N-dealkylation sites (tertiary alicyclic amines) is 2. The first-order chi connectivity index (χ1) is 14.3. The summed E-state index contributed by atoms with van der Waals surface area (Å²) >= 11 is 0. The number of nitrogens with zero attached hydrogens (tertiary/aromatic N) is 3. The Morgan fingerprint density at radius 2 is 1.63 bits per heavy atom. The number of amides is 2. The highest BCUT2D eigenvalue weighted by Crippen LogP contribution is 2.46. The van der Waals surface area contributed by atoms with Crippen LogP contribution in [-0.2, 0) is 26.0 Å². The van der Waals surface area contributed by atoms with Crippen LogP contribution in [0.4, 0.5) is 0 Å². The van der Waals surface area contributed by atoms with Gasteiger partial charge in [-0.15, -0.1) is 0 Å². The Morgan fingerprint density at radius 3 is 2.30 bits per heavy atom. The van der Waals surface area contributed by atoms with Crippen LogP contribution in [0.2, 0.25) is 0 Å². The van der Waals surface area contributed by atoms with Gasteiger partial charge in [-0.25, -0.2) is 8.42 Å². The van der Waals surface area contributed by atoms with Crippen LogP contribution in [0.1, 0.15) is 37.7 Å². The predicted octanol–water partition coefficient (Wildman–Crippen LogP) is 1.49. The van der Waals surface area contributed by atoms with Crippen molar-refractivity contribution in [2.45, 2.75) is 44.6 Å². The summed E-state index contributed by atoms with van der Waals surface area (Å²) in [6.07, 6.45) is 5.14. The maximum atomic E-state index is 13.6. The first-order valence-corrected chi connectivity index (χ1v) is 12.7. The second kappa shape index (κ2) is 8.30. The standard InChI is InChI=1S/C22H31N3O4S/c1-30(28,29)25-16-11-22(21(27)24-12-5-6-13-24)10-15-23(14-9-19(22)25)20(26)17-18-7-3-2-4-8-18/h2-4,7-8,19H,5-6,9-17H2,1H3/t19-,22+/m0/s1. The zero-order chi connectivity index (χ0) is 21.4. The van der Waals surface area contributed by atoms with E-state index in [0.29, 0.717) is 45.3 Å². The fourth-order valence-corrected chi connectivity index (χ4v) is 6.66. The van der Waals surface area contributed by atoms with Gasteiger partial charge in [-0.05, 0) is 37.7 Å². The molecule has 3 aliphatic heterocycles. The first kappa shape index (κ1) is 21.3. The zero-order valence-corrected chi connectivity index (χ0v) is 18.4. The SMILES string of the molecule is CS(=O)(=O)N1CC[C@]2(C(=O)N3CCCC3)CCN(C(=O)Cc3ccccc3)CC[C@H]12. The molecule has 4 rings (SSSR count). The van der Waals surface area contributed by atoms with Gasteiger partial charge in [-0.2, -0.15) is 4.31 Å². The van der Waals surface area contributed by atoms with E-state index < -0.39 is 15.4 Å². The lowest BCUT2D eigenvalue weighted by atomic mass is 9.75. The number of benzene rings is 1. The van der Waals surface area contributed by atoms with Crippen molar-refractivity contribution in [3.8, 4) is 0 Å². The van der Waals surface area contributed by atoms with Crippen molar-refractivity contribution in [3.63, 3.8) is 0 Å². The van der Waals surface area contributed by atoms with Crippen LogP contribution in [0, 0.1) is 5.41 Å². The molecule has 8 heteroatoms. The van der Waals surface area contributed by atoms with Gasteiger partial charge in [-0.1, -0.05) is 30.3 Å². The summed E-state index contributed by atoms with van der Waals surface area (Å²) in [5, 5.41) is 0. The fraction of sp³-hybridized carbons (Fsp3) is 0.636. The molecule has 0 N–H and O–H groups in total. The molecule has 3 aliphatic rings. The molecule has 2 amide bonds. The number of fused-ring (bicyclic) bond motifs is 1. The summed E-state index contributed by atoms with van der Waals surface area (Å²) in [7, 11) is -3.41. The maximum absolute atomic E-state index is 13.6. The maximum Gasteiger partial charge on any atom is 0.230 e. The molecule has 3 heterocycles. The molecule has 1 aromatic rings. The van der Waals surface area contributed by atoms with Crippen molar-refractivity contribution in [3.05, 3.63) is 35.9 Å². The third kappa shape index (κ3) is 3.99. The Labute approximate surface area is 179 Å². The lowest BCUT2D eigenvalue weighted by Gasteiger charge is -2.37. The van der Waals surface area contributed by atoms with E-state index in [1.54, 1.807) is 0 Å². The van der Waals surface area contributed by atoms with Crippen molar-refractivity contribution in [1.82, 2.24) is 14.1 Å². The van der Waals surface area contributed by atoms with Crippen molar-refractivity contribution < 1.29 is 18.0 Å². The summed E-state index contributed by atoms with van der Waals surface area (Å²) in [4.78, 5) is 30.3. The van der Waals surface area contributed by atoms with E-state index in [4.69, 9.17) is 0 Å². The van der Waals surface area contributed by atoms with Crippen molar-refractivity contribution in [1.29, 1.82) is 0 Å². The third-order valence-corrected chi connectivity index (χ3v) is 8.35. The quantitative estimate of drug-likeness (QED) is 0.721. The Hall–Kier alpha value is -1.93. The smallest absolute Gasteiger partial charge is 0.230 e. The van der Waals surface area contributed by atoms with Crippen LogP contribution in [0.5, 0.6) is 0 Å². The fourth-order valence-electron chi connectivity index (χ4n) is 5.46. The van der Waals surface area contributed by atoms with Gasteiger partial charge in [0.15, 0.2) is 0 Å². The molecule has 1 aromatic carbocycles. The van der Waals surface area contributed by atoms with Crippen LogP contribution in [0.25, 0.3) is 0 Å². The minimum Gasteiger partial charge on any atom is -0.342 e. The van der Waals surface area contributed by atoms with Gasteiger partial charge in [0.1, 0.15) is 0 Å². The summed E-state index contributed by atoms with van der Waals surface area (Å²) < 4.78 is 26.4. The number of hydrogen-bond donors (Lipinski definition) is 0. The number of hydrogen-bond acceptors (Lipinski definition) is 4. The van der Waals surface area contributed by atoms with E-state index in [9.17, 15) is 18.0 Å². The van der Waals surface area contributed by atoms with Gasteiger partial charge in [0.2, 0.25) is 21.8 Å². The molecule has 164 valence electrons. The molecule has 7 nitrogen and oxygen atoms in total. The highest BCUT2D eigenvalue weighted by atomic mass is 32.2. The lowest BCUT2D eigenvalue weighted by molar-refractivity contribution is -0.143. The molecular weight excluding hydrogens is 402 g/mol. The summed E-state index contributed by atoms with van der Waals surface area (Å²) in [5.41, 5.74) is 0.252. The van der Waals surface area contributed by atoms with Crippen molar-refractivity contribution >= 4 is 21.8 Å². The second-order valence-corrected chi connectivity index (χ2v) is 10.8. The van der Waals surface area contributed by atoms with Gasteiger partial charge < -0.3 is 9.80 Å². The highest BCUT2D eigenvalue weighted by molar-refractivity contribution is 7.88. The topological polar surface area (TPSA) is 78.0 Å². The zero-order valence-electron chi connectivity index (χ0n) is 17.6. The van der Waals surface area contributed by atoms with E-state index >= 15 is 0 Å². The van der Waals surface area contributed by atoms with E-state index in [-0.39, 0.29) is 17.9 Å². The molecule has 0 spiro atoms. The minimum atomic E-state index is -3.41. The van der Waals surface area contributed by atoms with E-state index in [2.05, 4.69) is 0 Å². The summed E-state index contributed by atoms with van der Waals surface area (Å²) in [6, 6.07) is 9.28. The molecule has 0 aromatic heterocycles. The van der Waals surface area contributed by atoms with Crippen LogP contribution >= 0.6 is 0 Å². The van der Waals surface area contributed by atoms with Crippen LogP contribution in [0.3, 0.4) is 0 Å². The van der Waals surface area contributed by atoms with Gasteiger partial charge >= 0.3 is 0 Å². The van der Waals surface area contributed by atoms with Gasteiger partial charge in [-0.3, -0.25) is 9.59 Å². The van der Waals surface area contributed by atoms with Crippen LogP contribution in [-0.4, -0.2) is 79.4 Å². The number of carbonyl (C=O) groups is 2. The molecule has 0 radical (unpaired) electrons. The van der Waals surface area contributed by atoms with Gasteiger partial charge in [0.25, 0.3) is 0 Å². The van der Waals surface area contributed by atoms with Crippen LogP contribution < -0.4 is 0 Å². The molecule has 2 atom stereocenters. The number of rotatable bonds is 4. The van der Waals surface area contributed by atoms with E-state index in [1.807, 2.05) is 40.1 Å². The average molecular weight is 434 g/mol. The highest BCUT2D eigenvalue weighted by Gasteiger charge is 2.57. The van der Waals surface area contributed by atoms with Crippen molar-refractivity contribution in [2.24, 2.45) is 5.41 Å². The monoisotopic (exact) mass is 433 g/mol. The normalized spacial score (nSPS) is 27.7. The van der Waals surface area contributed by atoms with Crippen molar-refractivity contribution in [2.75, 3.05) is 39.0 Å². The molecule has 3 fully saturated rings. The van der Waals surface area contributed by atoms with Gasteiger partial charge in [0, 0.05) is 38.8 Å². The lowest BCUT2D eigenvalue weighted by Crippen LogP contribution is -2.51. The molecule has 0 aliphatic carbocycles. The van der Waals surface area contributed by atoms with Crippen LogP contribution in [0.15, 0.2) is 30.3 Å². The third-order valence-electron chi connectivity index (χ3n) is 7.06. The second-order valence-electron chi connectivity index (χ2n) is 8.88. The Morgan fingerprint density at radius 1 is 0.967 bits per heavy atom.